The summed E-state index contributed by atoms with van der Waals surface area (Å²) in [6, 6.07) is 7.16. The molecule has 0 aliphatic rings. The van der Waals surface area contributed by atoms with Crippen LogP contribution in [0.15, 0.2) is 61.2 Å². The van der Waals surface area contributed by atoms with Gasteiger partial charge in [-0.05, 0) is 43.7 Å². The molecule has 0 bridgehead atoms. The van der Waals surface area contributed by atoms with Gasteiger partial charge in [0.15, 0.2) is 0 Å². The minimum atomic E-state index is -4.83. The van der Waals surface area contributed by atoms with Crippen molar-refractivity contribution in [2.75, 3.05) is 0 Å². The van der Waals surface area contributed by atoms with Gasteiger partial charge in [-0.3, -0.25) is 14.8 Å². The second kappa shape index (κ2) is 9.18. The summed E-state index contributed by atoms with van der Waals surface area (Å²) in [6.45, 7) is 2.90. The molecule has 0 spiro atoms. The summed E-state index contributed by atoms with van der Waals surface area (Å²) in [4.78, 5) is 24.7. The van der Waals surface area contributed by atoms with E-state index < -0.39 is 29.7 Å². The predicted molar refractivity (Wildman–Crippen MR) is 106 cm³/mol. The zero-order valence-corrected chi connectivity index (χ0v) is 17.0. The SMILES string of the molecule is CC(C)(O)C(NC(=O)c1cncc(Oc2cccnc2)n1)c1ccc(OC(F)(F)F)cc1. The summed E-state index contributed by atoms with van der Waals surface area (Å²) < 4.78 is 46.5. The molecule has 1 atom stereocenters. The lowest BCUT2D eigenvalue weighted by Crippen LogP contribution is -2.42. The zero-order chi connectivity index (χ0) is 23.4. The summed E-state index contributed by atoms with van der Waals surface area (Å²) in [5, 5.41) is 13.2. The van der Waals surface area contributed by atoms with E-state index in [1.54, 1.807) is 18.3 Å². The third-order valence-electron chi connectivity index (χ3n) is 4.13. The van der Waals surface area contributed by atoms with Gasteiger partial charge in [0, 0.05) is 6.20 Å². The Morgan fingerprint density at radius 1 is 1.03 bits per heavy atom. The van der Waals surface area contributed by atoms with Gasteiger partial charge in [0.2, 0.25) is 5.88 Å². The molecule has 0 fully saturated rings. The number of aliphatic hydroxyl groups is 1. The Bertz CT molecular complexity index is 1060. The first-order chi connectivity index (χ1) is 15.0. The molecule has 11 heteroatoms. The number of aromatic nitrogens is 3. The maximum Gasteiger partial charge on any atom is 0.573 e. The molecule has 1 aromatic carbocycles. The highest BCUT2D eigenvalue weighted by molar-refractivity contribution is 5.92. The van der Waals surface area contributed by atoms with E-state index in [0.29, 0.717) is 11.3 Å². The van der Waals surface area contributed by atoms with E-state index in [9.17, 15) is 23.1 Å². The Kier molecular flexibility index (Phi) is 6.58. The average molecular weight is 448 g/mol. The van der Waals surface area contributed by atoms with Gasteiger partial charge in [-0.25, -0.2) is 4.98 Å². The second-order valence-corrected chi connectivity index (χ2v) is 7.21. The molecule has 2 heterocycles. The highest BCUT2D eigenvalue weighted by atomic mass is 19.4. The Balaban J connectivity index is 1.78. The topological polar surface area (TPSA) is 106 Å². The number of pyridine rings is 1. The molecule has 3 aromatic rings. The maximum atomic E-state index is 12.8. The highest BCUT2D eigenvalue weighted by Gasteiger charge is 2.33. The first-order valence-electron chi connectivity index (χ1n) is 9.30. The lowest BCUT2D eigenvalue weighted by atomic mass is 9.91. The van der Waals surface area contributed by atoms with Crippen LogP contribution in [0.1, 0.15) is 35.9 Å². The lowest BCUT2D eigenvalue weighted by molar-refractivity contribution is -0.274. The molecular formula is C21H19F3N4O4. The van der Waals surface area contributed by atoms with Gasteiger partial charge < -0.3 is 19.9 Å². The number of nitrogens with zero attached hydrogens (tertiary/aromatic N) is 3. The van der Waals surface area contributed by atoms with Crippen LogP contribution in [0.4, 0.5) is 13.2 Å². The molecular weight excluding hydrogens is 429 g/mol. The van der Waals surface area contributed by atoms with Gasteiger partial charge in [0.25, 0.3) is 5.91 Å². The fraction of sp³-hybridized carbons (Fsp3) is 0.238. The van der Waals surface area contributed by atoms with Crippen molar-refractivity contribution in [2.24, 2.45) is 0 Å². The number of rotatable bonds is 7. The number of amides is 1. The first kappa shape index (κ1) is 22.9. The smallest absolute Gasteiger partial charge is 0.436 e. The number of alkyl halides is 3. The Hall–Kier alpha value is -3.73. The van der Waals surface area contributed by atoms with Crippen LogP contribution in [0.25, 0.3) is 0 Å². The van der Waals surface area contributed by atoms with Crippen molar-refractivity contribution in [3.63, 3.8) is 0 Å². The van der Waals surface area contributed by atoms with Crippen molar-refractivity contribution in [2.45, 2.75) is 31.9 Å². The number of halogens is 3. The van der Waals surface area contributed by atoms with Crippen LogP contribution < -0.4 is 14.8 Å². The van der Waals surface area contributed by atoms with Gasteiger partial charge >= 0.3 is 6.36 Å². The third kappa shape index (κ3) is 6.38. The number of hydrogen-bond acceptors (Lipinski definition) is 7. The third-order valence-corrected chi connectivity index (χ3v) is 4.13. The van der Waals surface area contributed by atoms with E-state index in [-0.39, 0.29) is 11.6 Å². The summed E-state index contributed by atoms with van der Waals surface area (Å²) in [6.07, 6.45) is 0.739. The monoisotopic (exact) mass is 448 g/mol. The number of carbonyl (C=O) groups excluding carboxylic acids is 1. The molecule has 1 unspecified atom stereocenters. The number of carbonyl (C=O) groups is 1. The highest BCUT2D eigenvalue weighted by Crippen LogP contribution is 2.29. The van der Waals surface area contributed by atoms with Crippen LogP contribution >= 0.6 is 0 Å². The summed E-state index contributed by atoms with van der Waals surface area (Å²) >= 11 is 0. The zero-order valence-electron chi connectivity index (χ0n) is 17.0. The number of hydrogen-bond donors (Lipinski definition) is 2. The molecule has 0 aliphatic heterocycles. The lowest BCUT2D eigenvalue weighted by Gasteiger charge is -2.30. The van der Waals surface area contributed by atoms with Crippen molar-refractivity contribution >= 4 is 5.91 Å². The number of ether oxygens (including phenoxy) is 2. The van der Waals surface area contributed by atoms with Crippen LogP contribution in [0.5, 0.6) is 17.4 Å². The van der Waals surface area contributed by atoms with Gasteiger partial charge in [-0.1, -0.05) is 12.1 Å². The first-order valence-corrected chi connectivity index (χ1v) is 9.30. The molecule has 3 rings (SSSR count). The van der Waals surface area contributed by atoms with E-state index in [2.05, 4.69) is 25.0 Å². The van der Waals surface area contributed by atoms with Crippen molar-refractivity contribution in [3.8, 4) is 17.4 Å². The molecule has 1 amide bonds. The van der Waals surface area contributed by atoms with E-state index >= 15 is 0 Å². The molecule has 32 heavy (non-hydrogen) atoms. The molecule has 0 saturated carbocycles. The van der Waals surface area contributed by atoms with Crippen LogP contribution in [0, 0.1) is 0 Å². The molecule has 2 aromatic heterocycles. The van der Waals surface area contributed by atoms with Crippen LogP contribution in [-0.2, 0) is 0 Å². The van der Waals surface area contributed by atoms with Gasteiger partial charge in [0.1, 0.15) is 17.2 Å². The van der Waals surface area contributed by atoms with Crippen LogP contribution in [0.3, 0.4) is 0 Å². The fourth-order valence-electron chi connectivity index (χ4n) is 2.77. The van der Waals surface area contributed by atoms with E-state index in [1.807, 2.05) is 0 Å². The van der Waals surface area contributed by atoms with Crippen LogP contribution in [0.2, 0.25) is 0 Å². The average Bonchev–Trinajstić information content (AvgIpc) is 2.71. The van der Waals surface area contributed by atoms with E-state index in [0.717, 1.165) is 12.1 Å². The fourth-order valence-corrected chi connectivity index (χ4v) is 2.77. The normalized spacial score (nSPS) is 12.7. The van der Waals surface area contributed by atoms with E-state index in [1.165, 1.54) is 44.6 Å². The molecule has 0 radical (unpaired) electrons. The summed E-state index contributed by atoms with van der Waals surface area (Å²) in [5.41, 5.74) is -1.19. The molecule has 2 N–H and O–H groups in total. The second-order valence-electron chi connectivity index (χ2n) is 7.21. The molecule has 0 aliphatic carbocycles. The van der Waals surface area contributed by atoms with Crippen molar-refractivity contribution in [1.82, 2.24) is 20.3 Å². The van der Waals surface area contributed by atoms with E-state index in [4.69, 9.17) is 4.74 Å². The number of benzene rings is 1. The van der Waals surface area contributed by atoms with Crippen molar-refractivity contribution in [3.05, 3.63) is 72.4 Å². The summed E-state index contributed by atoms with van der Waals surface area (Å²) in [5.74, 6) is -0.640. The predicted octanol–water partition coefficient (Wildman–Crippen LogP) is 3.80. The van der Waals surface area contributed by atoms with Gasteiger partial charge in [-0.2, -0.15) is 0 Å². The largest absolute Gasteiger partial charge is 0.573 e. The minimum Gasteiger partial charge on any atom is -0.436 e. The molecule has 8 nitrogen and oxygen atoms in total. The van der Waals surface area contributed by atoms with Crippen molar-refractivity contribution in [1.29, 1.82) is 0 Å². The quantitative estimate of drug-likeness (QED) is 0.566. The van der Waals surface area contributed by atoms with Gasteiger partial charge in [0.05, 0.1) is 30.2 Å². The van der Waals surface area contributed by atoms with Gasteiger partial charge in [-0.15, -0.1) is 13.2 Å². The molecule has 0 saturated heterocycles. The van der Waals surface area contributed by atoms with Crippen LogP contribution in [-0.4, -0.2) is 37.9 Å². The Morgan fingerprint density at radius 3 is 2.34 bits per heavy atom. The molecule has 168 valence electrons. The standard InChI is InChI=1S/C21H19F3N4O4/c1-20(2,30)18(13-5-7-14(8-6-13)32-21(22,23)24)28-19(29)16-11-26-12-17(27-16)31-15-4-3-9-25-10-15/h3-12,18,30H,1-2H3,(H,28,29). The number of nitrogens with one attached hydrogen (secondary N) is 1. The minimum absolute atomic E-state index is 0.0547. The maximum absolute atomic E-state index is 12.8. The van der Waals surface area contributed by atoms with Crippen molar-refractivity contribution < 1.29 is 32.5 Å². The Labute approximate surface area is 181 Å². The summed E-state index contributed by atoms with van der Waals surface area (Å²) in [7, 11) is 0. The Morgan fingerprint density at radius 2 is 1.75 bits per heavy atom.